The maximum atomic E-state index is 14.7. The van der Waals surface area contributed by atoms with Crippen molar-refractivity contribution in [3.05, 3.63) is 94.8 Å². The molecule has 3 rings (SSSR count). The van der Waals surface area contributed by atoms with Crippen molar-refractivity contribution in [2.45, 2.75) is 44.1 Å². The Morgan fingerprint density at radius 1 is 0.974 bits per heavy atom. The number of carbonyl (C=O) groups is 1. The molecule has 0 aromatic heterocycles. The van der Waals surface area contributed by atoms with Gasteiger partial charge < -0.3 is 10.1 Å². The van der Waals surface area contributed by atoms with E-state index in [4.69, 9.17) is 4.74 Å². The zero-order valence-corrected chi connectivity index (χ0v) is 22.4. The first-order valence-corrected chi connectivity index (χ1v) is 14.0. The molecule has 0 saturated carbocycles. The van der Waals surface area contributed by atoms with Crippen molar-refractivity contribution in [3.63, 3.8) is 0 Å². The summed E-state index contributed by atoms with van der Waals surface area (Å²) in [5.74, 6) is -1.26. The minimum Gasteiger partial charge on any atom is -0.494 e. The van der Waals surface area contributed by atoms with Crippen LogP contribution < -0.4 is 10.1 Å². The molecule has 3 aromatic carbocycles. The quantitative estimate of drug-likeness (QED) is 0.236. The first-order valence-electron chi connectivity index (χ1n) is 12.2. The molecule has 0 spiro atoms. The van der Waals surface area contributed by atoms with Crippen LogP contribution in [0.4, 0.5) is 17.6 Å². The van der Waals surface area contributed by atoms with Gasteiger partial charge in [-0.2, -0.15) is 13.2 Å². The number of rotatable bonds is 12. The summed E-state index contributed by atoms with van der Waals surface area (Å²) in [6.45, 7) is 2.29. The predicted molar refractivity (Wildman–Crippen MR) is 139 cm³/mol. The summed E-state index contributed by atoms with van der Waals surface area (Å²) in [5, 5.41) is 2.58. The van der Waals surface area contributed by atoms with Crippen molar-refractivity contribution < 1.29 is 35.5 Å². The molecule has 0 aliphatic carbocycles. The van der Waals surface area contributed by atoms with Gasteiger partial charge in [0.1, 0.15) is 11.6 Å². The highest BCUT2D eigenvalue weighted by Crippen LogP contribution is 2.33. The van der Waals surface area contributed by atoms with Crippen molar-refractivity contribution in [2.24, 2.45) is 0 Å². The van der Waals surface area contributed by atoms with Gasteiger partial charge in [-0.25, -0.2) is 12.8 Å². The standard InChI is InChI=1S/C28H30F4N2O4S/c1-20(35)33-17-22-12-13-24(16-26(22)39(2,36)37)38-15-7-14-34(18-21-8-4-3-5-9-21)19-23-10-6-11-25(27(23)29)28(30,31)32/h3-6,8-13,16H,7,14-15,17-19H2,1-2H3,(H,33,35). The predicted octanol–water partition coefficient (Wildman–Crippen LogP) is 5.36. The number of hydrogen-bond donors (Lipinski definition) is 1. The van der Waals surface area contributed by atoms with Crippen LogP contribution in [-0.2, 0) is 40.4 Å². The third-order valence-corrected chi connectivity index (χ3v) is 7.06. The Bertz CT molecular complexity index is 1380. The maximum absolute atomic E-state index is 14.7. The molecule has 0 bridgehead atoms. The average molecular weight is 567 g/mol. The molecular formula is C28H30F4N2O4S. The number of hydrogen-bond acceptors (Lipinski definition) is 5. The Kier molecular flexibility index (Phi) is 10.1. The van der Waals surface area contributed by atoms with E-state index < -0.39 is 27.4 Å². The van der Waals surface area contributed by atoms with Crippen LogP contribution in [-0.4, -0.2) is 38.6 Å². The van der Waals surface area contributed by atoms with E-state index in [1.54, 1.807) is 12.1 Å². The lowest BCUT2D eigenvalue weighted by Gasteiger charge is -2.23. The van der Waals surface area contributed by atoms with Crippen molar-refractivity contribution in [3.8, 4) is 5.75 Å². The van der Waals surface area contributed by atoms with E-state index in [0.717, 1.165) is 17.9 Å². The van der Waals surface area contributed by atoms with Crippen LogP contribution in [0.15, 0.2) is 71.6 Å². The zero-order chi connectivity index (χ0) is 28.6. The number of amides is 1. The van der Waals surface area contributed by atoms with Gasteiger partial charge in [-0.15, -0.1) is 0 Å². The van der Waals surface area contributed by atoms with Crippen LogP contribution in [0.3, 0.4) is 0 Å². The Morgan fingerprint density at radius 2 is 1.69 bits per heavy atom. The Morgan fingerprint density at radius 3 is 2.33 bits per heavy atom. The molecule has 3 aromatic rings. The van der Waals surface area contributed by atoms with Gasteiger partial charge >= 0.3 is 6.18 Å². The van der Waals surface area contributed by atoms with Gasteiger partial charge in [0.2, 0.25) is 5.91 Å². The second-order valence-corrected chi connectivity index (χ2v) is 11.1. The number of nitrogens with one attached hydrogen (secondary N) is 1. The fourth-order valence-corrected chi connectivity index (χ4v) is 4.98. The number of carbonyl (C=O) groups excluding carboxylic acids is 1. The van der Waals surface area contributed by atoms with Crippen molar-refractivity contribution in [1.29, 1.82) is 0 Å². The molecule has 0 radical (unpaired) electrons. The molecule has 1 N–H and O–H groups in total. The first kappa shape index (κ1) is 30.1. The summed E-state index contributed by atoms with van der Waals surface area (Å²) >= 11 is 0. The number of nitrogens with zero attached hydrogens (tertiary/aromatic N) is 1. The first-order chi connectivity index (χ1) is 18.3. The van der Waals surface area contributed by atoms with Crippen LogP contribution in [0.1, 0.15) is 35.6 Å². The monoisotopic (exact) mass is 566 g/mol. The SMILES string of the molecule is CC(=O)NCc1ccc(OCCCN(Cc2ccccc2)Cc2cccc(C(F)(F)F)c2F)cc1S(C)(=O)=O. The summed E-state index contributed by atoms with van der Waals surface area (Å²) in [7, 11) is -3.59. The number of ether oxygens (including phenoxy) is 1. The second kappa shape index (κ2) is 13.1. The van der Waals surface area contributed by atoms with E-state index in [1.807, 2.05) is 35.2 Å². The van der Waals surface area contributed by atoms with Crippen LogP contribution in [0.5, 0.6) is 5.75 Å². The summed E-state index contributed by atoms with van der Waals surface area (Å²) in [6.07, 6.45) is -3.28. The molecule has 0 unspecified atom stereocenters. The van der Waals surface area contributed by atoms with E-state index in [0.29, 0.717) is 30.8 Å². The van der Waals surface area contributed by atoms with Gasteiger partial charge in [0.15, 0.2) is 9.84 Å². The van der Waals surface area contributed by atoms with Gasteiger partial charge in [-0.3, -0.25) is 9.69 Å². The molecule has 6 nitrogen and oxygen atoms in total. The molecule has 0 aliphatic rings. The second-order valence-electron chi connectivity index (χ2n) is 9.13. The number of halogens is 4. The summed E-state index contributed by atoms with van der Waals surface area (Å²) in [5.41, 5.74) is -0.0172. The molecule has 0 atom stereocenters. The molecule has 0 fully saturated rings. The molecule has 0 heterocycles. The Labute approximate surface area is 225 Å². The summed E-state index contributed by atoms with van der Waals surface area (Å²) in [6, 6.07) is 17.1. The highest BCUT2D eigenvalue weighted by atomic mass is 32.2. The van der Waals surface area contributed by atoms with Gasteiger partial charge in [-0.05, 0) is 35.7 Å². The zero-order valence-electron chi connectivity index (χ0n) is 21.6. The lowest BCUT2D eigenvalue weighted by Crippen LogP contribution is -2.26. The van der Waals surface area contributed by atoms with Crippen LogP contribution in [0.2, 0.25) is 0 Å². The van der Waals surface area contributed by atoms with Gasteiger partial charge in [-0.1, -0.05) is 48.5 Å². The highest BCUT2D eigenvalue weighted by molar-refractivity contribution is 7.90. The van der Waals surface area contributed by atoms with Gasteiger partial charge in [0, 0.05) is 44.9 Å². The van der Waals surface area contributed by atoms with Gasteiger partial charge in [0.25, 0.3) is 0 Å². The fraction of sp³-hybridized carbons (Fsp3) is 0.321. The van der Waals surface area contributed by atoms with Crippen molar-refractivity contribution >= 4 is 15.7 Å². The number of sulfone groups is 1. The minimum absolute atomic E-state index is 0.0410. The Balaban J connectivity index is 1.70. The van der Waals surface area contributed by atoms with E-state index in [-0.39, 0.29) is 36.1 Å². The van der Waals surface area contributed by atoms with Crippen LogP contribution >= 0.6 is 0 Å². The molecule has 39 heavy (non-hydrogen) atoms. The lowest BCUT2D eigenvalue weighted by atomic mass is 10.1. The van der Waals surface area contributed by atoms with Gasteiger partial charge in [0.05, 0.1) is 17.1 Å². The van der Waals surface area contributed by atoms with Crippen LogP contribution in [0, 0.1) is 5.82 Å². The molecular weight excluding hydrogens is 536 g/mol. The minimum atomic E-state index is -4.79. The van der Waals surface area contributed by atoms with Crippen molar-refractivity contribution in [1.82, 2.24) is 10.2 Å². The summed E-state index contributed by atoms with van der Waals surface area (Å²) < 4.78 is 84.6. The topological polar surface area (TPSA) is 75.7 Å². The third-order valence-electron chi connectivity index (χ3n) is 5.88. The van der Waals surface area contributed by atoms with Crippen LogP contribution in [0.25, 0.3) is 0 Å². The smallest absolute Gasteiger partial charge is 0.419 e. The average Bonchev–Trinajstić information content (AvgIpc) is 2.86. The third kappa shape index (κ3) is 9.07. The summed E-state index contributed by atoms with van der Waals surface area (Å²) in [4.78, 5) is 13.1. The molecule has 1 amide bonds. The van der Waals surface area contributed by atoms with E-state index in [1.165, 1.54) is 25.1 Å². The van der Waals surface area contributed by atoms with E-state index >= 15 is 0 Å². The molecule has 210 valence electrons. The maximum Gasteiger partial charge on any atom is 0.419 e. The normalized spacial score (nSPS) is 12.0. The number of benzene rings is 3. The Hall–Kier alpha value is -3.44. The van der Waals surface area contributed by atoms with E-state index in [9.17, 15) is 30.8 Å². The van der Waals surface area contributed by atoms with Crippen molar-refractivity contribution in [2.75, 3.05) is 19.4 Å². The molecule has 11 heteroatoms. The lowest BCUT2D eigenvalue weighted by molar-refractivity contribution is -0.140. The highest BCUT2D eigenvalue weighted by Gasteiger charge is 2.34. The van der Waals surface area contributed by atoms with E-state index in [2.05, 4.69) is 5.32 Å². The molecule has 0 aliphatic heterocycles. The molecule has 0 saturated heterocycles. The number of alkyl halides is 3. The fourth-order valence-electron chi connectivity index (χ4n) is 4.03. The largest absolute Gasteiger partial charge is 0.494 e.